The number of aliphatic imine (C=N–C) groups is 1. The van der Waals surface area contributed by atoms with E-state index in [2.05, 4.69) is 52.6 Å². The number of rotatable bonds is 2. The van der Waals surface area contributed by atoms with E-state index >= 15 is 0 Å². The maximum atomic E-state index is 9.88. The number of aromatic hydroxyl groups is 1. The standard InChI is InChI=1S/C21H27NOS/c1-20(2,3)15-11-12-16(19(24)18(15)21(4,5)6)22-13-14-9-7-8-10-17(14)23/h7-13,23-24H,1-6H3. The zero-order valence-corrected chi connectivity index (χ0v) is 16.3. The first kappa shape index (κ1) is 18.6. The Morgan fingerprint density at radius 2 is 1.54 bits per heavy atom. The molecule has 0 bridgehead atoms. The van der Waals surface area contributed by atoms with Crippen LogP contribution in [0, 0.1) is 0 Å². The molecular weight excluding hydrogens is 314 g/mol. The highest BCUT2D eigenvalue weighted by molar-refractivity contribution is 7.80. The lowest BCUT2D eigenvalue weighted by Crippen LogP contribution is -2.22. The van der Waals surface area contributed by atoms with E-state index in [1.165, 1.54) is 11.1 Å². The molecule has 0 fully saturated rings. The summed E-state index contributed by atoms with van der Waals surface area (Å²) in [6, 6.07) is 11.3. The molecule has 0 aliphatic rings. The lowest BCUT2D eigenvalue weighted by atomic mass is 9.75. The van der Waals surface area contributed by atoms with Crippen molar-refractivity contribution in [2.75, 3.05) is 0 Å². The van der Waals surface area contributed by atoms with Gasteiger partial charge in [-0.3, -0.25) is 4.99 Å². The second kappa shape index (κ2) is 6.64. The van der Waals surface area contributed by atoms with Crippen molar-refractivity contribution in [1.29, 1.82) is 0 Å². The molecule has 0 aliphatic heterocycles. The summed E-state index contributed by atoms with van der Waals surface area (Å²) in [6.07, 6.45) is 1.69. The first-order valence-electron chi connectivity index (χ1n) is 8.21. The minimum atomic E-state index is -0.0277. The molecule has 0 amide bonds. The third-order valence-electron chi connectivity index (χ3n) is 3.99. The fourth-order valence-corrected chi connectivity index (χ4v) is 3.39. The van der Waals surface area contributed by atoms with Crippen molar-refractivity contribution in [2.24, 2.45) is 4.99 Å². The fraction of sp³-hybridized carbons (Fsp3) is 0.381. The van der Waals surface area contributed by atoms with Crippen molar-refractivity contribution in [3.05, 3.63) is 53.1 Å². The van der Waals surface area contributed by atoms with Crippen LogP contribution < -0.4 is 0 Å². The van der Waals surface area contributed by atoms with Crippen molar-refractivity contribution in [3.63, 3.8) is 0 Å². The van der Waals surface area contributed by atoms with Gasteiger partial charge in [-0.15, -0.1) is 12.6 Å². The predicted octanol–water partition coefficient (Wildman–Crippen LogP) is 6.03. The monoisotopic (exact) mass is 341 g/mol. The molecule has 128 valence electrons. The van der Waals surface area contributed by atoms with E-state index < -0.39 is 0 Å². The van der Waals surface area contributed by atoms with Crippen LogP contribution in [0.4, 0.5) is 5.69 Å². The maximum absolute atomic E-state index is 9.88. The molecule has 0 unspecified atom stereocenters. The van der Waals surface area contributed by atoms with Gasteiger partial charge in [-0.25, -0.2) is 0 Å². The van der Waals surface area contributed by atoms with Gasteiger partial charge < -0.3 is 5.11 Å². The van der Waals surface area contributed by atoms with Gasteiger partial charge in [0.1, 0.15) is 5.75 Å². The van der Waals surface area contributed by atoms with E-state index in [9.17, 15) is 5.11 Å². The van der Waals surface area contributed by atoms with Crippen LogP contribution in [0.5, 0.6) is 5.75 Å². The number of nitrogens with zero attached hydrogens (tertiary/aromatic N) is 1. The number of phenols is 1. The Bertz CT molecular complexity index is 764. The summed E-state index contributed by atoms with van der Waals surface area (Å²) in [5.74, 6) is 0.226. The zero-order chi connectivity index (χ0) is 18.1. The summed E-state index contributed by atoms with van der Waals surface area (Å²) < 4.78 is 0. The van der Waals surface area contributed by atoms with E-state index in [0.717, 1.165) is 10.6 Å². The van der Waals surface area contributed by atoms with Crippen LogP contribution in [0.15, 0.2) is 46.3 Å². The predicted molar refractivity (Wildman–Crippen MR) is 106 cm³/mol. The molecular formula is C21H27NOS. The van der Waals surface area contributed by atoms with Crippen LogP contribution in [-0.4, -0.2) is 11.3 Å². The number of hydrogen-bond acceptors (Lipinski definition) is 3. The Hall–Kier alpha value is -1.74. The number of para-hydroxylation sites is 1. The van der Waals surface area contributed by atoms with Gasteiger partial charge in [0.2, 0.25) is 0 Å². The van der Waals surface area contributed by atoms with Gasteiger partial charge >= 0.3 is 0 Å². The second-order valence-electron chi connectivity index (χ2n) is 8.17. The zero-order valence-electron chi connectivity index (χ0n) is 15.4. The second-order valence-corrected chi connectivity index (χ2v) is 8.62. The first-order valence-corrected chi connectivity index (χ1v) is 8.65. The molecule has 2 aromatic carbocycles. The molecule has 0 aliphatic carbocycles. The summed E-state index contributed by atoms with van der Waals surface area (Å²) in [5, 5.41) is 9.88. The van der Waals surface area contributed by atoms with Crippen LogP contribution in [0.1, 0.15) is 58.2 Å². The molecule has 2 aromatic rings. The van der Waals surface area contributed by atoms with Gasteiger partial charge in [0.15, 0.2) is 0 Å². The Morgan fingerprint density at radius 1 is 0.917 bits per heavy atom. The molecule has 0 spiro atoms. The number of hydrogen-bond donors (Lipinski definition) is 2. The van der Waals surface area contributed by atoms with E-state index in [-0.39, 0.29) is 16.6 Å². The average Bonchev–Trinajstić information content (AvgIpc) is 2.44. The third-order valence-corrected chi connectivity index (χ3v) is 4.45. The van der Waals surface area contributed by atoms with E-state index in [0.29, 0.717) is 5.56 Å². The summed E-state index contributed by atoms with van der Waals surface area (Å²) >= 11 is 4.80. The molecule has 0 saturated heterocycles. The molecule has 0 heterocycles. The quantitative estimate of drug-likeness (QED) is 0.507. The Morgan fingerprint density at radius 3 is 2.08 bits per heavy atom. The molecule has 0 aromatic heterocycles. The number of benzene rings is 2. The van der Waals surface area contributed by atoms with Gasteiger partial charge in [0.05, 0.1) is 5.69 Å². The van der Waals surface area contributed by atoms with Gasteiger partial charge in [0, 0.05) is 16.7 Å². The normalized spacial score (nSPS) is 12.8. The maximum Gasteiger partial charge on any atom is 0.124 e. The van der Waals surface area contributed by atoms with Crippen molar-refractivity contribution >= 4 is 24.5 Å². The Kier molecular flexibility index (Phi) is 5.14. The van der Waals surface area contributed by atoms with E-state index in [1.807, 2.05) is 18.2 Å². The first-order chi connectivity index (χ1) is 11.0. The van der Waals surface area contributed by atoms with Crippen LogP contribution in [0.25, 0.3) is 0 Å². The van der Waals surface area contributed by atoms with E-state index in [4.69, 9.17) is 12.6 Å². The molecule has 1 N–H and O–H groups in total. The SMILES string of the molecule is CC(C)(C)c1ccc(N=Cc2ccccc2O)c(S)c1C(C)(C)C. The number of thiol groups is 1. The largest absolute Gasteiger partial charge is 0.507 e. The molecule has 0 saturated carbocycles. The van der Waals surface area contributed by atoms with Crippen LogP contribution in [-0.2, 0) is 10.8 Å². The topological polar surface area (TPSA) is 32.6 Å². The number of phenolic OH excluding ortho intramolecular Hbond substituents is 1. The molecule has 3 heteroatoms. The van der Waals surface area contributed by atoms with Gasteiger partial charge in [-0.05, 0) is 40.2 Å². The molecule has 24 heavy (non-hydrogen) atoms. The highest BCUT2D eigenvalue weighted by atomic mass is 32.1. The molecule has 0 atom stereocenters. The minimum absolute atomic E-state index is 0.0277. The van der Waals surface area contributed by atoms with Crippen molar-refractivity contribution in [3.8, 4) is 5.75 Å². The summed E-state index contributed by atoms with van der Waals surface area (Å²) in [4.78, 5) is 5.48. The summed E-state index contributed by atoms with van der Waals surface area (Å²) in [5.41, 5.74) is 4.05. The smallest absolute Gasteiger partial charge is 0.124 e. The fourth-order valence-electron chi connectivity index (χ4n) is 2.80. The van der Waals surface area contributed by atoms with Gasteiger partial charge in [-0.2, -0.15) is 0 Å². The van der Waals surface area contributed by atoms with Crippen LogP contribution in [0.3, 0.4) is 0 Å². The average molecular weight is 342 g/mol. The van der Waals surface area contributed by atoms with Crippen molar-refractivity contribution < 1.29 is 5.11 Å². The van der Waals surface area contributed by atoms with Gasteiger partial charge in [-0.1, -0.05) is 59.7 Å². The summed E-state index contributed by atoms with van der Waals surface area (Å²) in [7, 11) is 0. The lowest BCUT2D eigenvalue weighted by molar-refractivity contribution is 0.474. The summed E-state index contributed by atoms with van der Waals surface area (Å²) in [6.45, 7) is 13.3. The van der Waals surface area contributed by atoms with E-state index in [1.54, 1.807) is 18.3 Å². The lowest BCUT2D eigenvalue weighted by Gasteiger charge is -2.31. The van der Waals surface area contributed by atoms with Crippen LogP contribution in [0.2, 0.25) is 0 Å². The minimum Gasteiger partial charge on any atom is -0.507 e. The highest BCUT2D eigenvalue weighted by Gasteiger charge is 2.28. The molecule has 2 nitrogen and oxygen atoms in total. The highest BCUT2D eigenvalue weighted by Crippen LogP contribution is 2.41. The molecule has 0 radical (unpaired) electrons. The van der Waals surface area contributed by atoms with Crippen molar-refractivity contribution in [2.45, 2.75) is 57.3 Å². The van der Waals surface area contributed by atoms with Crippen molar-refractivity contribution in [1.82, 2.24) is 0 Å². The third kappa shape index (κ3) is 4.02. The van der Waals surface area contributed by atoms with Gasteiger partial charge in [0.25, 0.3) is 0 Å². The molecule has 2 rings (SSSR count). The van der Waals surface area contributed by atoms with Crippen LogP contribution >= 0.6 is 12.6 Å². The Labute approximate surface area is 151 Å². The Balaban J connectivity index is 2.56.